The van der Waals surface area contributed by atoms with Gasteiger partial charge in [-0.05, 0) is 37.2 Å². The Labute approximate surface area is 116 Å². The first-order valence-electron chi connectivity index (χ1n) is 6.77. The van der Waals surface area contributed by atoms with Crippen LogP contribution in [0.2, 0.25) is 0 Å². The Morgan fingerprint density at radius 2 is 1.53 bits per heavy atom. The normalized spacial score (nSPS) is 10.9. The molecule has 19 heavy (non-hydrogen) atoms. The van der Waals surface area contributed by atoms with Crippen LogP contribution in [0, 0.1) is 0 Å². The van der Waals surface area contributed by atoms with Crippen LogP contribution in [0.25, 0.3) is 11.1 Å². The highest BCUT2D eigenvalue weighted by Gasteiger charge is 2.00. The molecule has 2 heteroatoms. The highest BCUT2D eigenvalue weighted by atomic mass is 15.2. The second-order valence-electron chi connectivity index (χ2n) is 4.90. The fourth-order valence-corrected chi connectivity index (χ4v) is 2.16. The average molecular weight is 254 g/mol. The molecule has 2 nitrogen and oxygen atoms in total. The van der Waals surface area contributed by atoms with Crippen molar-refractivity contribution in [3.63, 3.8) is 0 Å². The molecule has 0 aromatic heterocycles. The molecule has 0 bridgehead atoms. The van der Waals surface area contributed by atoms with E-state index in [4.69, 9.17) is 0 Å². The zero-order valence-corrected chi connectivity index (χ0v) is 11.8. The quantitative estimate of drug-likeness (QED) is 0.797. The zero-order valence-electron chi connectivity index (χ0n) is 11.8. The van der Waals surface area contributed by atoms with Crippen LogP contribution < -0.4 is 5.32 Å². The summed E-state index contributed by atoms with van der Waals surface area (Å²) in [6.07, 6.45) is 1.09. The number of likely N-dealkylation sites (N-methyl/N-ethyl adjacent to an activating group) is 1. The number of hydrogen-bond acceptors (Lipinski definition) is 2. The third-order valence-electron chi connectivity index (χ3n) is 3.27. The summed E-state index contributed by atoms with van der Waals surface area (Å²) in [4.78, 5) is 2.28. The Bertz CT molecular complexity index is 476. The molecule has 0 aliphatic carbocycles. The van der Waals surface area contributed by atoms with Gasteiger partial charge in [-0.1, -0.05) is 54.6 Å². The van der Waals surface area contributed by atoms with Crippen LogP contribution in [-0.2, 0) is 6.42 Å². The number of nitrogens with one attached hydrogen (secondary N) is 1. The fraction of sp³-hybridized carbons (Fsp3) is 0.294. The number of nitrogens with zero attached hydrogens (tertiary/aromatic N) is 1. The lowest BCUT2D eigenvalue weighted by Crippen LogP contribution is -2.30. The van der Waals surface area contributed by atoms with Crippen molar-refractivity contribution < 1.29 is 0 Å². The van der Waals surface area contributed by atoms with Crippen molar-refractivity contribution in [3.05, 3.63) is 60.2 Å². The Balaban J connectivity index is 1.95. The maximum Gasteiger partial charge on any atom is 0.0475 e. The van der Waals surface area contributed by atoms with E-state index in [0.717, 1.165) is 19.6 Å². The van der Waals surface area contributed by atoms with Crippen LogP contribution in [0.5, 0.6) is 0 Å². The molecule has 2 aromatic carbocycles. The van der Waals surface area contributed by atoms with Gasteiger partial charge >= 0.3 is 0 Å². The van der Waals surface area contributed by atoms with Crippen LogP contribution in [0.3, 0.4) is 0 Å². The minimum atomic E-state index is 0.933. The lowest BCUT2D eigenvalue weighted by molar-refractivity contribution is 0.321. The van der Waals surface area contributed by atoms with Gasteiger partial charge in [-0.3, -0.25) is 4.90 Å². The minimum Gasteiger partial charge on any atom is -0.307 e. The van der Waals surface area contributed by atoms with Gasteiger partial charge in [0.05, 0.1) is 0 Å². The fourth-order valence-electron chi connectivity index (χ4n) is 2.16. The maximum absolute atomic E-state index is 3.16. The number of hydrogen-bond donors (Lipinski definition) is 1. The highest BCUT2D eigenvalue weighted by Crippen LogP contribution is 2.19. The summed E-state index contributed by atoms with van der Waals surface area (Å²) in [6.45, 7) is 2.01. The number of rotatable bonds is 6. The molecule has 0 radical (unpaired) electrons. The molecule has 1 N–H and O–H groups in total. The molecule has 0 atom stereocenters. The number of benzene rings is 2. The molecule has 2 aromatic rings. The van der Waals surface area contributed by atoms with Crippen molar-refractivity contribution in [3.8, 4) is 11.1 Å². The van der Waals surface area contributed by atoms with E-state index in [1.54, 1.807) is 0 Å². The van der Waals surface area contributed by atoms with Crippen LogP contribution in [0.4, 0.5) is 0 Å². The second-order valence-corrected chi connectivity index (χ2v) is 4.90. The first-order chi connectivity index (χ1) is 9.29. The molecule has 2 rings (SSSR count). The van der Waals surface area contributed by atoms with E-state index >= 15 is 0 Å². The van der Waals surface area contributed by atoms with E-state index in [1.807, 2.05) is 7.05 Å². The molecule has 0 heterocycles. The standard InChI is InChI=1S/C17H22N2/c1-18-14-19(2)13-12-15-8-10-17(11-9-15)16-6-4-3-5-7-16/h3-11,18H,12-14H2,1-2H3. The molecule has 100 valence electrons. The molecule has 0 saturated carbocycles. The molecule has 0 unspecified atom stereocenters. The lowest BCUT2D eigenvalue weighted by Gasteiger charge is -2.15. The predicted octanol–water partition coefficient (Wildman–Crippen LogP) is 3.00. The third-order valence-corrected chi connectivity index (χ3v) is 3.27. The summed E-state index contributed by atoms with van der Waals surface area (Å²) < 4.78 is 0. The summed E-state index contributed by atoms with van der Waals surface area (Å²) >= 11 is 0. The predicted molar refractivity (Wildman–Crippen MR) is 82.1 cm³/mol. The van der Waals surface area contributed by atoms with E-state index in [0.29, 0.717) is 0 Å². The van der Waals surface area contributed by atoms with Gasteiger partial charge in [0.25, 0.3) is 0 Å². The summed E-state index contributed by atoms with van der Waals surface area (Å²) in [5.41, 5.74) is 3.96. The van der Waals surface area contributed by atoms with E-state index in [1.165, 1.54) is 16.7 Å². The molecular weight excluding hydrogens is 232 g/mol. The van der Waals surface area contributed by atoms with Gasteiger partial charge in [-0.25, -0.2) is 0 Å². The summed E-state index contributed by atoms with van der Waals surface area (Å²) in [6, 6.07) is 19.4. The highest BCUT2D eigenvalue weighted by molar-refractivity contribution is 5.63. The van der Waals surface area contributed by atoms with Crippen molar-refractivity contribution >= 4 is 0 Å². The van der Waals surface area contributed by atoms with Gasteiger partial charge < -0.3 is 5.32 Å². The maximum atomic E-state index is 3.16. The van der Waals surface area contributed by atoms with Gasteiger partial charge in [-0.15, -0.1) is 0 Å². The van der Waals surface area contributed by atoms with Crippen molar-refractivity contribution in [2.24, 2.45) is 0 Å². The topological polar surface area (TPSA) is 15.3 Å². The van der Waals surface area contributed by atoms with Gasteiger partial charge in [-0.2, -0.15) is 0 Å². The first-order valence-corrected chi connectivity index (χ1v) is 6.77. The summed E-state index contributed by atoms with van der Waals surface area (Å²) in [5, 5.41) is 3.16. The third kappa shape index (κ3) is 4.19. The smallest absolute Gasteiger partial charge is 0.0475 e. The van der Waals surface area contributed by atoms with E-state index in [-0.39, 0.29) is 0 Å². The van der Waals surface area contributed by atoms with Gasteiger partial charge in [0, 0.05) is 13.2 Å². The van der Waals surface area contributed by atoms with Crippen molar-refractivity contribution in [2.45, 2.75) is 6.42 Å². The first kappa shape index (κ1) is 13.8. The van der Waals surface area contributed by atoms with Crippen LogP contribution in [0.1, 0.15) is 5.56 Å². The molecule has 0 aliphatic rings. The van der Waals surface area contributed by atoms with Gasteiger partial charge in [0.2, 0.25) is 0 Å². The van der Waals surface area contributed by atoms with Crippen LogP contribution in [0.15, 0.2) is 54.6 Å². The largest absolute Gasteiger partial charge is 0.307 e. The molecule has 0 fully saturated rings. The van der Waals surface area contributed by atoms with Crippen LogP contribution in [-0.4, -0.2) is 32.2 Å². The Morgan fingerprint density at radius 3 is 2.16 bits per heavy atom. The molecule has 0 aliphatic heterocycles. The Morgan fingerprint density at radius 1 is 0.895 bits per heavy atom. The monoisotopic (exact) mass is 254 g/mol. The second kappa shape index (κ2) is 7.07. The molecule has 0 spiro atoms. The average Bonchev–Trinajstić information content (AvgIpc) is 2.47. The molecule has 0 amide bonds. The SMILES string of the molecule is CNCN(C)CCc1ccc(-c2ccccc2)cc1. The van der Waals surface area contributed by atoms with E-state index in [9.17, 15) is 0 Å². The zero-order chi connectivity index (χ0) is 13.5. The summed E-state index contributed by atoms with van der Waals surface area (Å²) in [5.74, 6) is 0. The Kier molecular flexibility index (Phi) is 5.13. The van der Waals surface area contributed by atoms with E-state index < -0.39 is 0 Å². The van der Waals surface area contributed by atoms with Gasteiger partial charge in [0.1, 0.15) is 0 Å². The molecular formula is C17H22N2. The van der Waals surface area contributed by atoms with E-state index in [2.05, 4.69) is 71.9 Å². The van der Waals surface area contributed by atoms with Crippen molar-refractivity contribution in [1.82, 2.24) is 10.2 Å². The van der Waals surface area contributed by atoms with Crippen LogP contribution >= 0.6 is 0 Å². The minimum absolute atomic E-state index is 0.933. The lowest BCUT2D eigenvalue weighted by atomic mass is 10.0. The van der Waals surface area contributed by atoms with Gasteiger partial charge in [0.15, 0.2) is 0 Å². The molecule has 0 saturated heterocycles. The Hall–Kier alpha value is -1.64. The summed E-state index contributed by atoms with van der Waals surface area (Å²) in [7, 11) is 4.11. The van der Waals surface area contributed by atoms with Crippen molar-refractivity contribution in [2.75, 3.05) is 27.3 Å². The van der Waals surface area contributed by atoms with Crippen molar-refractivity contribution in [1.29, 1.82) is 0 Å².